The van der Waals surface area contributed by atoms with Crippen LogP contribution in [0.25, 0.3) is 0 Å². The number of hydrogen-bond donors (Lipinski definition) is 0. The topological polar surface area (TPSA) is 9.72 Å². The van der Waals surface area contributed by atoms with Crippen molar-refractivity contribution in [3.05, 3.63) is 0 Å². The molecule has 0 atom stereocenters. The Kier molecular flexibility index (Phi) is 11.6. The van der Waals surface area contributed by atoms with Crippen LogP contribution in [0.4, 0.5) is 0 Å². The van der Waals surface area contributed by atoms with Gasteiger partial charge in [0, 0.05) is 0 Å². The predicted octanol–water partition coefficient (Wildman–Crippen LogP) is 6.52. The Morgan fingerprint density at radius 3 is 0.778 bits per heavy atom. The first kappa shape index (κ1) is 27.3. The Morgan fingerprint density at radius 1 is 0.444 bits per heavy atom. The van der Waals surface area contributed by atoms with Crippen molar-refractivity contribution in [3.63, 3.8) is 0 Å². The van der Waals surface area contributed by atoms with Crippen molar-refractivity contribution < 1.29 is 0 Å². The zero-order valence-corrected chi connectivity index (χ0v) is 23.2. The third-order valence-corrected chi connectivity index (χ3v) is 21.7. The molecule has 0 aromatic carbocycles. The molecule has 0 aromatic rings. The van der Waals surface area contributed by atoms with Crippen molar-refractivity contribution in [2.24, 2.45) is 0 Å². The molecule has 0 unspecified atom stereocenters. The second-order valence-corrected chi connectivity index (χ2v) is 19.8. The summed E-state index contributed by atoms with van der Waals surface area (Å²) in [5, 5.41) is 0. The molecule has 0 aliphatic heterocycles. The van der Waals surface area contributed by atoms with Crippen LogP contribution < -0.4 is 0 Å². The molecule has 27 heavy (non-hydrogen) atoms. The van der Waals surface area contributed by atoms with Crippen molar-refractivity contribution >= 4 is 16.8 Å². The van der Waals surface area contributed by atoms with Crippen LogP contribution in [0.5, 0.6) is 0 Å². The van der Waals surface area contributed by atoms with E-state index in [0.29, 0.717) is 0 Å². The molecular weight excluding hydrogens is 362 g/mol. The first-order chi connectivity index (χ1) is 12.5. The summed E-state index contributed by atoms with van der Waals surface area (Å²) >= 11 is 0. The van der Waals surface area contributed by atoms with Crippen LogP contribution in [0, 0.1) is 0 Å². The Morgan fingerprint density at radius 2 is 0.667 bits per heavy atom. The monoisotopic (exact) mass is 415 g/mol. The highest BCUT2D eigenvalue weighted by molar-refractivity contribution is 6.92. The molecule has 0 amide bonds. The number of hydrogen-bond acceptors (Lipinski definition) is 3. The van der Waals surface area contributed by atoms with E-state index in [1.54, 1.807) is 0 Å². The highest BCUT2D eigenvalue weighted by atomic mass is 28.4. The summed E-state index contributed by atoms with van der Waals surface area (Å²) in [6.45, 7) is 38.1. The average molecular weight is 416 g/mol. The van der Waals surface area contributed by atoms with Gasteiger partial charge in [0.2, 0.25) is 16.8 Å². The van der Waals surface area contributed by atoms with E-state index in [0.717, 1.165) is 22.2 Å². The SMILES string of the molecule is CCN(CC)[Si](C(C)C)(C(C)C)N(CC)[Si](C(C)C)(C(C)C)N(CC)CC. The minimum Gasteiger partial charge on any atom is -0.320 e. The van der Waals surface area contributed by atoms with Gasteiger partial charge in [0.05, 0.1) is 0 Å². The quantitative estimate of drug-likeness (QED) is 0.317. The Bertz CT molecular complexity index is 350. The maximum absolute atomic E-state index is 3.20. The van der Waals surface area contributed by atoms with E-state index < -0.39 is 16.8 Å². The maximum Gasteiger partial charge on any atom is 0.206 e. The van der Waals surface area contributed by atoms with E-state index in [4.69, 9.17) is 0 Å². The largest absolute Gasteiger partial charge is 0.320 e. The standard InChI is InChI=1S/C22H53N3Si2/c1-14-23(15-2)26(19(6)7,20(8)9)25(18-5)27(21(10)11,22(12)13)24(16-3)17-4/h19-22H,14-18H2,1-13H3. The van der Waals surface area contributed by atoms with Gasteiger partial charge in [0.15, 0.2) is 0 Å². The van der Waals surface area contributed by atoms with E-state index in [-0.39, 0.29) is 0 Å². The van der Waals surface area contributed by atoms with Gasteiger partial charge in [-0.05, 0) is 54.9 Å². The minimum atomic E-state index is -1.88. The number of rotatable bonds is 13. The Hall–Kier alpha value is 0.314. The fourth-order valence-corrected chi connectivity index (χ4v) is 24.7. The summed E-state index contributed by atoms with van der Waals surface area (Å²) < 4.78 is 9.04. The lowest BCUT2D eigenvalue weighted by Crippen LogP contribution is -2.82. The van der Waals surface area contributed by atoms with Crippen LogP contribution in [0.1, 0.15) is 90.0 Å². The number of nitrogens with zero attached hydrogens (tertiary/aromatic N) is 3. The van der Waals surface area contributed by atoms with E-state index in [1.165, 1.54) is 32.7 Å². The molecule has 0 aliphatic carbocycles. The molecule has 0 rings (SSSR count). The predicted molar refractivity (Wildman–Crippen MR) is 130 cm³/mol. The third-order valence-electron chi connectivity index (χ3n) is 7.12. The second kappa shape index (κ2) is 11.5. The van der Waals surface area contributed by atoms with Gasteiger partial charge in [-0.1, -0.05) is 90.0 Å². The summed E-state index contributed by atoms with van der Waals surface area (Å²) in [5.41, 5.74) is 2.88. The van der Waals surface area contributed by atoms with E-state index in [2.05, 4.69) is 103 Å². The summed E-state index contributed by atoms with van der Waals surface area (Å²) in [4.78, 5) is 0. The molecule has 0 aliphatic rings. The molecule has 0 bridgehead atoms. The molecule has 0 aromatic heterocycles. The third kappa shape index (κ3) is 4.57. The molecule has 5 heteroatoms. The van der Waals surface area contributed by atoms with Gasteiger partial charge in [-0.25, -0.2) is 0 Å². The lowest BCUT2D eigenvalue weighted by molar-refractivity contribution is 0.331. The van der Waals surface area contributed by atoms with Crippen molar-refractivity contribution in [1.82, 2.24) is 13.4 Å². The highest BCUT2D eigenvalue weighted by Gasteiger charge is 2.60. The van der Waals surface area contributed by atoms with Crippen LogP contribution in [0.3, 0.4) is 0 Å². The van der Waals surface area contributed by atoms with E-state index in [9.17, 15) is 0 Å². The normalized spacial score (nSPS) is 14.2. The molecule has 0 saturated carbocycles. The van der Waals surface area contributed by atoms with Gasteiger partial charge in [0.25, 0.3) is 0 Å². The molecule has 0 fully saturated rings. The molecule has 0 N–H and O–H groups in total. The molecular formula is C22H53N3Si2. The van der Waals surface area contributed by atoms with Crippen LogP contribution >= 0.6 is 0 Å². The molecule has 0 spiro atoms. The summed E-state index contributed by atoms with van der Waals surface area (Å²) in [5.74, 6) is 0. The zero-order chi connectivity index (χ0) is 21.6. The van der Waals surface area contributed by atoms with Crippen LogP contribution in [0.15, 0.2) is 0 Å². The Labute approximate surface area is 175 Å². The molecule has 0 radical (unpaired) electrons. The van der Waals surface area contributed by atoms with Gasteiger partial charge in [-0.15, -0.1) is 0 Å². The second-order valence-electron chi connectivity index (χ2n) is 9.27. The minimum absolute atomic E-state index is 0.720. The molecule has 3 nitrogen and oxygen atoms in total. The van der Waals surface area contributed by atoms with Gasteiger partial charge in [0.1, 0.15) is 0 Å². The van der Waals surface area contributed by atoms with E-state index >= 15 is 0 Å². The average Bonchev–Trinajstić information content (AvgIpc) is 2.59. The molecule has 164 valence electrons. The fraction of sp³-hybridized carbons (Fsp3) is 1.00. The Balaban J connectivity index is 7.10. The van der Waals surface area contributed by atoms with Crippen LogP contribution in [-0.2, 0) is 0 Å². The lowest BCUT2D eigenvalue weighted by atomic mass is 10.5. The summed E-state index contributed by atoms with van der Waals surface area (Å²) in [7, 11) is -3.76. The van der Waals surface area contributed by atoms with Crippen molar-refractivity contribution in [1.29, 1.82) is 0 Å². The zero-order valence-electron chi connectivity index (χ0n) is 21.2. The van der Waals surface area contributed by atoms with Gasteiger partial charge >= 0.3 is 0 Å². The maximum atomic E-state index is 3.20. The van der Waals surface area contributed by atoms with Crippen molar-refractivity contribution in [2.75, 3.05) is 32.7 Å². The van der Waals surface area contributed by atoms with Gasteiger partial charge in [-0.2, -0.15) is 0 Å². The highest BCUT2D eigenvalue weighted by Crippen LogP contribution is 2.47. The summed E-state index contributed by atoms with van der Waals surface area (Å²) in [6.07, 6.45) is 0. The van der Waals surface area contributed by atoms with Crippen molar-refractivity contribution in [3.8, 4) is 0 Å². The first-order valence-electron chi connectivity index (χ1n) is 11.8. The van der Waals surface area contributed by atoms with Crippen molar-refractivity contribution in [2.45, 2.75) is 112 Å². The lowest BCUT2D eigenvalue weighted by Gasteiger charge is -2.64. The van der Waals surface area contributed by atoms with Gasteiger partial charge in [-0.3, -0.25) is 0 Å². The van der Waals surface area contributed by atoms with Crippen LogP contribution in [0.2, 0.25) is 22.2 Å². The smallest absolute Gasteiger partial charge is 0.206 e. The van der Waals surface area contributed by atoms with Gasteiger partial charge < -0.3 is 13.4 Å². The molecule has 0 heterocycles. The van der Waals surface area contributed by atoms with Crippen LogP contribution in [-0.4, -0.2) is 62.9 Å². The fourth-order valence-electron chi connectivity index (χ4n) is 6.64. The van der Waals surface area contributed by atoms with E-state index in [1.807, 2.05) is 0 Å². The first-order valence-corrected chi connectivity index (χ1v) is 15.9. The summed E-state index contributed by atoms with van der Waals surface area (Å²) in [6, 6.07) is 0. The molecule has 0 saturated heterocycles.